The van der Waals surface area contributed by atoms with Crippen LogP contribution in [-0.2, 0) is 14.9 Å². The molecule has 3 aromatic carbocycles. The van der Waals surface area contributed by atoms with Crippen LogP contribution in [0.4, 0.5) is 5.69 Å². The van der Waals surface area contributed by atoms with E-state index in [1.54, 1.807) is 0 Å². The van der Waals surface area contributed by atoms with E-state index < -0.39 is 0 Å². The van der Waals surface area contributed by atoms with Crippen molar-refractivity contribution in [3.05, 3.63) is 102 Å². The number of carbonyl (C=O) groups excluding carboxylic acids is 1. The van der Waals surface area contributed by atoms with Gasteiger partial charge in [-0.05, 0) is 42.6 Å². The highest BCUT2D eigenvalue weighted by Crippen LogP contribution is 2.40. The second-order valence-corrected chi connectivity index (χ2v) is 8.83. The van der Waals surface area contributed by atoms with Gasteiger partial charge in [0.2, 0.25) is 0 Å². The lowest BCUT2D eigenvalue weighted by atomic mass is 9.69. The molecule has 1 saturated heterocycles. The van der Waals surface area contributed by atoms with Crippen molar-refractivity contribution in [1.82, 2.24) is 4.90 Å². The molecule has 0 atom stereocenters. The Labute approximate surface area is 197 Å². The molecule has 0 spiro atoms. The third-order valence-electron chi connectivity index (χ3n) is 6.90. The van der Waals surface area contributed by atoms with E-state index in [1.165, 1.54) is 23.9 Å². The van der Waals surface area contributed by atoms with Crippen LogP contribution in [-0.4, -0.2) is 50.7 Å². The number of hydrogen-bond donors (Lipinski definition) is 0. The first-order valence-corrected chi connectivity index (χ1v) is 11.9. The molecule has 3 aromatic rings. The predicted octanol–water partition coefficient (Wildman–Crippen LogP) is 5.14. The molecule has 0 N–H and O–H groups in total. The maximum Gasteiger partial charge on any atom is 0.306 e. The summed E-state index contributed by atoms with van der Waals surface area (Å²) in [7, 11) is 1.48. The zero-order valence-corrected chi connectivity index (χ0v) is 19.5. The molecular formula is C29H34N2O2. The molecule has 4 heteroatoms. The molecule has 0 aliphatic carbocycles. The van der Waals surface area contributed by atoms with Crippen LogP contribution in [0.25, 0.3) is 0 Å². The minimum atomic E-state index is -0.387. The van der Waals surface area contributed by atoms with Crippen LogP contribution in [0.5, 0.6) is 0 Å². The quantitative estimate of drug-likeness (QED) is 0.430. The number of nitrogens with zero attached hydrogens (tertiary/aromatic N) is 2. The molecule has 0 saturated carbocycles. The summed E-state index contributed by atoms with van der Waals surface area (Å²) in [5, 5.41) is 0. The largest absolute Gasteiger partial charge is 0.469 e. The number of benzene rings is 3. The zero-order chi connectivity index (χ0) is 22.9. The topological polar surface area (TPSA) is 32.8 Å². The average Bonchev–Trinajstić information content (AvgIpc) is 2.90. The first-order chi connectivity index (χ1) is 16.2. The van der Waals surface area contributed by atoms with Crippen molar-refractivity contribution in [3.8, 4) is 0 Å². The van der Waals surface area contributed by atoms with Crippen LogP contribution in [0.1, 0.15) is 30.4 Å². The number of anilines is 1. The average molecular weight is 443 g/mol. The zero-order valence-electron chi connectivity index (χ0n) is 19.5. The summed E-state index contributed by atoms with van der Waals surface area (Å²) in [4.78, 5) is 17.6. The van der Waals surface area contributed by atoms with Gasteiger partial charge in [-0.3, -0.25) is 9.69 Å². The lowest BCUT2D eigenvalue weighted by molar-refractivity contribution is -0.141. The van der Waals surface area contributed by atoms with E-state index in [1.807, 2.05) is 12.1 Å². The smallest absolute Gasteiger partial charge is 0.306 e. The molecule has 1 aliphatic rings. The van der Waals surface area contributed by atoms with E-state index >= 15 is 0 Å². The van der Waals surface area contributed by atoms with Gasteiger partial charge >= 0.3 is 5.97 Å². The van der Waals surface area contributed by atoms with Crippen LogP contribution in [0.2, 0.25) is 0 Å². The Morgan fingerprint density at radius 2 is 1.30 bits per heavy atom. The van der Waals surface area contributed by atoms with Gasteiger partial charge in [0.05, 0.1) is 13.5 Å². The minimum absolute atomic E-state index is 0.167. The standard InChI is InChI=1S/C29H34N2O2/c1-33-28(32)24-29(25-12-5-2-6-13-25,26-14-7-3-8-15-26)18-11-19-30-20-22-31(23-21-30)27-16-9-4-10-17-27/h2-10,12-17H,11,18-24H2,1H3. The number of esters is 1. The molecule has 172 valence electrons. The van der Waals surface area contributed by atoms with Crippen LogP contribution in [0, 0.1) is 0 Å². The molecular weight excluding hydrogens is 408 g/mol. The Bertz CT molecular complexity index is 944. The van der Waals surface area contributed by atoms with E-state index in [2.05, 4.69) is 88.7 Å². The Morgan fingerprint density at radius 3 is 1.82 bits per heavy atom. The van der Waals surface area contributed by atoms with Crippen molar-refractivity contribution < 1.29 is 9.53 Å². The van der Waals surface area contributed by atoms with Crippen molar-refractivity contribution in [3.63, 3.8) is 0 Å². The van der Waals surface area contributed by atoms with Crippen LogP contribution in [0.15, 0.2) is 91.0 Å². The molecule has 1 aliphatic heterocycles. The maximum absolute atomic E-state index is 12.6. The molecule has 0 unspecified atom stereocenters. The number of para-hydroxylation sites is 1. The third-order valence-corrected chi connectivity index (χ3v) is 6.90. The van der Waals surface area contributed by atoms with Crippen LogP contribution < -0.4 is 4.90 Å². The first-order valence-electron chi connectivity index (χ1n) is 11.9. The monoisotopic (exact) mass is 442 g/mol. The van der Waals surface area contributed by atoms with Crippen molar-refractivity contribution in [2.45, 2.75) is 24.7 Å². The number of ether oxygens (including phenoxy) is 1. The normalized spacial score (nSPS) is 14.8. The highest BCUT2D eigenvalue weighted by Gasteiger charge is 2.36. The van der Waals surface area contributed by atoms with Gasteiger partial charge < -0.3 is 9.64 Å². The van der Waals surface area contributed by atoms with Gasteiger partial charge in [-0.25, -0.2) is 0 Å². The Kier molecular flexibility index (Phi) is 7.79. The lowest BCUT2D eigenvalue weighted by Gasteiger charge is -2.38. The molecule has 0 amide bonds. The Morgan fingerprint density at radius 1 is 0.788 bits per heavy atom. The summed E-state index contributed by atoms with van der Waals surface area (Å²) in [6.07, 6.45) is 2.26. The molecule has 1 heterocycles. The summed E-state index contributed by atoms with van der Waals surface area (Å²) in [5.41, 5.74) is 3.27. The van der Waals surface area contributed by atoms with Gasteiger partial charge in [0.1, 0.15) is 0 Å². The SMILES string of the molecule is COC(=O)CC(CCCN1CCN(c2ccccc2)CC1)(c1ccccc1)c1ccccc1. The van der Waals surface area contributed by atoms with Crippen LogP contribution >= 0.6 is 0 Å². The molecule has 4 rings (SSSR count). The van der Waals surface area contributed by atoms with Gasteiger partial charge in [-0.2, -0.15) is 0 Å². The number of methoxy groups -OCH3 is 1. The van der Waals surface area contributed by atoms with E-state index in [4.69, 9.17) is 4.74 Å². The predicted molar refractivity (Wildman–Crippen MR) is 135 cm³/mol. The summed E-state index contributed by atoms with van der Waals surface area (Å²) in [6, 6.07) is 31.6. The number of rotatable bonds is 9. The van der Waals surface area contributed by atoms with Crippen molar-refractivity contribution >= 4 is 11.7 Å². The number of hydrogen-bond acceptors (Lipinski definition) is 4. The second kappa shape index (κ2) is 11.2. The summed E-state index contributed by atoms with van der Waals surface area (Å²) >= 11 is 0. The highest BCUT2D eigenvalue weighted by atomic mass is 16.5. The number of piperazine rings is 1. The maximum atomic E-state index is 12.6. The molecule has 1 fully saturated rings. The van der Waals surface area contributed by atoms with Gasteiger partial charge in [0.25, 0.3) is 0 Å². The fourth-order valence-corrected chi connectivity index (χ4v) is 5.05. The molecule has 0 bridgehead atoms. The van der Waals surface area contributed by atoms with E-state index in [-0.39, 0.29) is 11.4 Å². The fourth-order valence-electron chi connectivity index (χ4n) is 5.05. The second-order valence-electron chi connectivity index (χ2n) is 8.83. The third kappa shape index (κ3) is 5.63. The Hall–Kier alpha value is -3.11. The van der Waals surface area contributed by atoms with Crippen molar-refractivity contribution in [1.29, 1.82) is 0 Å². The minimum Gasteiger partial charge on any atom is -0.469 e. The summed E-state index contributed by atoms with van der Waals surface area (Å²) < 4.78 is 5.14. The van der Waals surface area contributed by atoms with E-state index in [0.717, 1.165) is 45.6 Å². The van der Waals surface area contributed by atoms with E-state index in [0.29, 0.717) is 6.42 Å². The fraction of sp³-hybridized carbons (Fsp3) is 0.345. The molecule has 0 aromatic heterocycles. The van der Waals surface area contributed by atoms with Crippen molar-refractivity contribution in [2.75, 3.05) is 44.7 Å². The number of carbonyl (C=O) groups is 1. The first kappa shape index (κ1) is 23.1. The van der Waals surface area contributed by atoms with Gasteiger partial charge in [-0.15, -0.1) is 0 Å². The van der Waals surface area contributed by atoms with Crippen LogP contribution in [0.3, 0.4) is 0 Å². The van der Waals surface area contributed by atoms with E-state index in [9.17, 15) is 4.79 Å². The van der Waals surface area contributed by atoms with Gasteiger partial charge in [-0.1, -0.05) is 78.9 Å². The highest BCUT2D eigenvalue weighted by molar-refractivity contribution is 5.72. The molecule has 4 nitrogen and oxygen atoms in total. The molecule has 33 heavy (non-hydrogen) atoms. The van der Waals surface area contributed by atoms with Gasteiger partial charge in [0.15, 0.2) is 0 Å². The Balaban J connectivity index is 1.46. The van der Waals surface area contributed by atoms with Gasteiger partial charge in [0, 0.05) is 37.3 Å². The summed E-state index contributed by atoms with van der Waals surface area (Å²) in [6.45, 7) is 5.26. The summed E-state index contributed by atoms with van der Waals surface area (Å²) in [5.74, 6) is -0.167. The van der Waals surface area contributed by atoms with Crippen molar-refractivity contribution in [2.24, 2.45) is 0 Å². The molecule has 0 radical (unpaired) electrons. The lowest BCUT2D eigenvalue weighted by Crippen LogP contribution is -2.46.